The average Bonchev–Trinajstić information content (AvgIpc) is 3.23. The molecule has 0 bridgehead atoms. The number of carboxylic acid groups (broad SMARTS) is 1. The molecular weight excluding hydrogens is 778 g/mol. The van der Waals surface area contributed by atoms with Crippen LogP contribution in [0.4, 0.5) is 0 Å². The summed E-state index contributed by atoms with van der Waals surface area (Å²) in [4.78, 5) is 33.7. The summed E-state index contributed by atoms with van der Waals surface area (Å²) < 4.78 is 33.5. The van der Waals surface area contributed by atoms with Gasteiger partial charge in [-0.15, -0.1) is 0 Å². The van der Waals surface area contributed by atoms with Gasteiger partial charge < -0.3 is 25.2 Å². The van der Waals surface area contributed by atoms with Crippen molar-refractivity contribution >= 4 is 19.8 Å². The average molecular weight is 876 g/mol. The predicted molar refractivity (Wildman–Crippen MR) is 249 cm³/mol. The number of phosphoric acid groups is 1. The van der Waals surface area contributed by atoms with Crippen molar-refractivity contribution in [1.82, 2.24) is 0 Å². The number of unbranched alkanes of at least 4 members (excludes halogenated alkanes) is 36. The van der Waals surface area contributed by atoms with E-state index in [1.54, 1.807) is 0 Å². The van der Waals surface area contributed by atoms with E-state index in [2.05, 4.69) is 13.8 Å². The molecule has 11 heteroatoms. The fourth-order valence-corrected chi connectivity index (χ4v) is 8.44. The Hall–Kier alpha value is -1.03. The highest BCUT2D eigenvalue weighted by molar-refractivity contribution is 7.47. The van der Waals surface area contributed by atoms with Crippen molar-refractivity contribution in [2.75, 3.05) is 26.4 Å². The standard InChI is InChI=1S/C49H98NO9P/c1-3-5-7-9-11-13-15-17-19-21-22-23-24-26-28-30-32-34-36-38-40-42-56-43-46(44-57-60(54,55)58-45-47(50)49(52)53)59-48(51)41-39-37-35-33-31-29-27-25-20-18-16-14-12-10-8-6-4-2/h46-47H,3-45,50H2,1-2H3,(H,52,53)(H,54,55). The van der Waals surface area contributed by atoms with Crippen molar-refractivity contribution in [2.24, 2.45) is 5.73 Å². The summed E-state index contributed by atoms with van der Waals surface area (Å²) in [6.45, 7) is 3.96. The fourth-order valence-electron chi connectivity index (χ4n) is 7.67. The molecular formula is C49H98NO9P. The SMILES string of the molecule is CCCCCCCCCCCCCCCCCCCCCCCOCC(COP(=O)(O)OCC(N)C(=O)O)OC(=O)CCCCCCCCCCCCCCCCCCC. The van der Waals surface area contributed by atoms with E-state index in [1.165, 1.54) is 205 Å². The van der Waals surface area contributed by atoms with Gasteiger partial charge in [0.05, 0.1) is 19.8 Å². The van der Waals surface area contributed by atoms with Gasteiger partial charge in [-0.1, -0.05) is 245 Å². The van der Waals surface area contributed by atoms with E-state index in [1.807, 2.05) is 0 Å². The number of aliphatic carboxylic acids is 1. The Bertz CT molecular complexity index is 971. The number of carbonyl (C=O) groups excluding carboxylic acids is 1. The van der Waals surface area contributed by atoms with E-state index in [4.69, 9.17) is 29.4 Å². The normalized spacial score (nSPS) is 13.7. The van der Waals surface area contributed by atoms with Crippen LogP contribution >= 0.6 is 7.82 Å². The molecule has 0 spiro atoms. The Kier molecular flexibility index (Phi) is 45.2. The summed E-state index contributed by atoms with van der Waals surface area (Å²) in [6.07, 6.45) is 48.7. The number of hydrogen-bond donors (Lipinski definition) is 3. The molecule has 0 heterocycles. The zero-order valence-electron chi connectivity index (χ0n) is 39.3. The first-order chi connectivity index (χ1) is 29.2. The minimum Gasteiger partial charge on any atom is -0.480 e. The van der Waals surface area contributed by atoms with E-state index in [-0.39, 0.29) is 13.0 Å². The molecule has 4 N–H and O–H groups in total. The molecule has 3 atom stereocenters. The zero-order valence-corrected chi connectivity index (χ0v) is 40.2. The molecule has 0 saturated carbocycles. The summed E-state index contributed by atoms with van der Waals surface area (Å²) in [7, 11) is -4.61. The fraction of sp³-hybridized carbons (Fsp3) is 0.959. The van der Waals surface area contributed by atoms with Crippen LogP contribution in [-0.4, -0.2) is 60.5 Å². The second kappa shape index (κ2) is 46.0. The van der Waals surface area contributed by atoms with Crippen molar-refractivity contribution < 1.29 is 42.7 Å². The Morgan fingerprint density at radius 2 is 0.767 bits per heavy atom. The van der Waals surface area contributed by atoms with Gasteiger partial charge in [-0.25, -0.2) is 4.57 Å². The van der Waals surface area contributed by atoms with Crippen LogP contribution in [0.3, 0.4) is 0 Å². The van der Waals surface area contributed by atoms with Gasteiger partial charge in [0.1, 0.15) is 12.1 Å². The first-order valence-corrected chi connectivity index (χ1v) is 27.1. The lowest BCUT2D eigenvalue weighted by molar-refractivity contribution is -0.154. The van der Waals surface area contributed by atoms with Crippen LogP contribution in [-0.2, 0) is 32.7 Å². The molecule has 3 unspecified atom stereocenters. The molecule has 0 aromatic rings. The van der Waals surface area contributed by atoms with Crippen molar-refractivity contribution in [3.8, 4) is 0 Å². The highest BCUT2D eigenvalue weighted by atomic mass is 31.2. The quantitative estimate of drug-likeness (QED) is 0.0306. The predicted octanol–water partition coefficient (Wildman–Crippen LogP) is 14.7. The Labute approximate surface area is 370 Å². The Morgan fingerprint density at radius 1 is 0.467 bits per heavy atom. The van der Waals surface area contributed by atoms with Gasteiger partial charge in [0.25, 0.3) is 0 Å². The smallest absolute Gasteiger partial charge is 0.472 e. The van der Waals surface area contributed by atoms with Crippen molar-refractivity contribution in [3.63, 3.8) is 0 Å². The maximum Gasteiger partial charge on any atom is 0.472 e. The summed E-state index contributed by atoms with van der Waals surface area (Å²) in [5.41, 5.74) is 5.37. The van der Waals surface area contributed by atoms with Crippen LogP contribution in [0.5, 0.6) is 0 Å². The number of rotatable bonds is 50. The van der Waals surface area contributed by atoms with Gasteiger partial charge in [-0.05, 0) is 12.8 Å². The molecule has 0 aliphatic heterocycles. The van der Waals surface area contributed by atoms with Crippen molar-refractivity contribution in [2.45, 2.75) is 276 Å². The van der Waals surface area contributed by atoms with E-state index in [0.717, 1.165) is 38.5 Å². The Morgan fingerprint density at radius 3 is 1.10 bits per heavy atom. The minimum atomic E-state index is -4.61. The lowest BCUT2D eigenvalue weighted by Gasteiger charge is -2.20. The largest absolute Gasteiger partial charge is 0.480 e. The van der Waals surface area contributed by atoms with Gasteiger partial charge in [0.15, 0.2) is 0 Å². The number of hydrogen-bond acceptors (Lipinski definition) is 8. The van der Waals surface area contributed by atoms with Gasteiger partial charge in [0.2, 0.25) is 0 Å². The molecule has 0 rings (SSSR count). The lowest BCUT2D eigenvalue weighted by Crippen LogP contribution is -2.34. The summed E-state index contributed by atoms with van der Waals surface area (Å²) in [6, 6.07) is -1.47. The second-order valence-corrected chi connectivity index (χ2v) is 19.1. The number of carboxylic acids is 1. The van der Waals surface area contributed by atoms with E-state index < -0.39 is 45.1 Å². The van der Waals surface area contributed by atoms with Gasteiger partial charge in [-0.2, -0.15) is 0 Å². The molecule has 0 amide bonds. The van der Waals surface area contributed by atoms with Crippen molar-refractivity contribution in [1.29, 1.82) is 0 Å². The van der Waals surface area contributed by atoms with Crippen LogP contribution in [0.15, 0.2) is 0 Å². The maximum atomic E-state index is 12.7. The lowest BCUT2D eigenvalue weighted by atomic mass is 10.0. The van der Waals surface area contributed by atoms with Crippen LogP contribution in [0.2, 0.25) is 0 Å². The number of nitrogens with two attached hydrogens (primary N) is 1. The monoisotopic (exact) mass is 876 g/mol. The molecule has 10 nitrogen and oxygen atoms in total. The summed E-state index contributed by atoms with van der Waals surface area (Å²) in [5.74, 6) is -1.76. The molecule has 0 radical (unpaired) electrons. The van der Waals surface area contributed by atoms with Crippen LogP contribution in [0.25, 0.3) is 0 Å². The summed E-state index contributed by atoms with van der Waals surface area (Å²) in [5, 5.41) is 8.92. The number of carbonyl (C=O) groups is 2. The first kappa shape index (κ1) is 59.0. The zero-order chi connectivity index (χ0) is 44.0. The van der Waals surface area contributed by atoms with E-state index in [0.29, 0.717) is 6.61 Å². The molecule has 60 heavy (non-hydrogen) atoms. The summed E-state index contributed by atoms with van der Waals surface area (Å²) >= 11 is 0. The van der Waals surface area contributed by atoms with E-state index in [9.17, 15) is 19.0 Å². The van der Waals surface area contributed by atoms with Gasteiger partial charge >= 0.3 is 19.8 Å². The molecule has 0 aliphatic carbocycles. The third-order valence-corrected chi connectivity index (χ3v) is 12.6. The highest BCUT2D eigenvalue weighted by Gasteiger charge is 2.27. The molecule has 0 saturated heterocycles. The number of phosphoric ester groups is 1. The number of ether oxygens (including phenoxy) is 2. The Balaban J connectivity index is 4.07. The third kappa shape index (κ3) is 45.0. The molecule has 0 aliphatic rings. The first-order valence-electron chi connectivity index (χ1n) is 25.6. The molecule has 0 fully saturated rings. The van der Waals surface area contributed by atoms with Gasteiger partial charge in [0, 0.05) is 13.0 Å². The highest BCUT2D eigenvalue weighted by Crippen LogP contribution is 2.43. The maximum absolute atomic E-state index is 12.7. The second-order valence-electron chi connectivity index (χ2n) is 17.7. The molecule has 0 aromatic carbocycles. The minimum absolute atomic E-state index is 0.0264. The van der Waals surface area contributed by atoms with Crippen LogP contribution in [0, 0.1) is 0 Å². The molecule has 358 valence electrons. The van der Waals surface area contributed by atoms with Crippen molar-refractivity contribution in [3.05, 3.63) is 0 Å². The topological polar surface area (TPSA) is 155 Å². The van der Waals surface area contributed by atoms with Crippen LogP contribution < -0.4 is 5.73 Å². The third-order valence-electron chi connectivity index (χ3n) is 11.6. The van der Waals surface area contributed by atoms with E-state index >= 15 is 0 Å². The van der Waals surface area contributed by atoms with Gasteiger partial charge in [-0.3, -0.25) is 18.6 Å². The number of esters is 1. The molecule has 0 aromatic heterocycles. The van der Waals surface area contributed by atoms with Crippen LogP contribution in [0.1, 0.15) is 264 Å².